The van der Waals surface area contributed by atoms with Crippen molar-refractivity contribution in [3.63, 3.8) is 0 Å². The second kappa shape index (κ2) is 7.25. The molecule has 0 bridgehead atoms. The quantitative estimate of drug-likeness (QED) is 0.690. The molecule has 1 aromatic carbocycles. The molecule has 0 heterocycles. The van der Waals surface area contributed by atoms with Crippen molar-refractivity contribution < 1.29 is 9.84 Å². The van der Waals surface area contributed by atoms with Gasteiger partial charge in [0.2, 0.25) is 0 Å². The molecule has 0 amide bonds. The molecule has 3 nitrogen and oxygen atoms in total. The highest BCUT2D eigenvalue weighted by Gasteiger charge is 2.00. The summed E-state index contributed by atoms with van der Waals surface area (Å²) in [7, 11) is 1.97. The van der Waals surface area contributed by atoms with Gasteiger partial charge in [0, 0.05) is 19.1 Å². The predicted octanol–water partition coefficient (Wildman–Crippen LogP) is 1.60. The molecule has 16 heavy (non-hydrogen) atoms. The number of aliphatic hydroxyl groups excluding tert-OH is 1. The van der Waals surface area contributed by atoms with Crippen LogP contribution in [0.4, 0.5) is 0 Å². The molecule has 0 fully saturated rings. The van der Waals surface area contributed by atoms with Crippen molar-refractivity contribution in [2.45, 2.75) is 25.8 Å². The highest BCUT2D eigenvalue weighted by atomic mass is 16.5. The van der Waals surface area contributed by atoms with E-state index in [9.17, 15) is 0 Å². The Balaban J connectivity index is 2.41. The van der Waals surface area contributed by atoms with E-state index in [0.717, 1.165) is 12.2 Å². The van der Waals surface area contributed by atoms with Gasteiger partial charge in [-0.25, -0.2) is 0 Å². The second-order valence-corrected chi connectivity index (χ2v) is 3.96. The van der Waals surface area contributed by atoms with E-state index in [0.29, 0.717) is 19.1 Å². The standard InChI is InChI=1S/C13H21NO2/c1-11(14-2)10-12-4-6-13(7-5-12)16-9-3-8-15/h4-7,11,14-15H,3,8-10H2,1-2H3. The maximum Gasteiger partial charge on any atom is 0.119 e. The van der Waals surface area contributed by atoms with Gasteiger partial charge in [-0.3, -0.25) is 0 Å². The van der Waals surface area contributed by atoms with E-state index in [1.165, 1.54) is 5.56 Å². The van der Waals surface area contributed by atoms with E-state index < -0.39 is 0 Å². The third-order valence-electron chi connectivity index (χ3n) is 2.53. The fourth-order valence-electron chi connectivity index (χ4n) is 1.43. The lowest BCUT2D eigenvalue weighted by Crippen LogP contribution is -2.23. The summed E-state index contributed by atoms with van der Waals surface area (Å²) in [6.45, 7) is 2.91. The Labute approximate surface area is 97.4 Å². The number of nitrogens with one attached hydrogen (secondary N) is 1. The van der Waals surface area contributed by atoms with Crippen molar-refractivity contribution >= 4 is 0 Å². The molecular formula is C13H21NO2. The molecule has 0 aromatic heterocycles. The normalized spacial score (nSPS) is 12.4. The predicted molar refractivity (Wildman–Crippen MR) is 65.9 cm³/mol. The minimum Gasteiger partial charge on any atom is -0.494 e. The summed E-state index contributed by atoms with van der Waals surface area (Å²) in [6.07, 6.45) is 1.70. The fourth-order valence-corrected chi connectivity index (χ4v) is 1.43. The van der Waals surface area contributed by atoms with Gasteiger partial charge in [0.1, 0.15) is 5.75 Å². The molecular weight excluding hydrogens is 202 g/mol. The maximum absolute atomic E-state index is 8.63. The van der Waals surface area contributed by atoms with Gasteiger partial charge in [0.25, 0.3) is 0 Å². The Morgan fingerprint density at radius 1 is 1.31 bits per heavy atom. The maximum atomic E-state index is 8.63. The molecule has 0 saturated heterocycles. The smallest absolute Gasteiger partial charge is 0.119 e. The van der Waals surface area contributed by atoms with Crippen LogP contribution in [0.25, 0.3) is 0 Å². The van der Waals surface area contributed by atoms with E-state index >= 15 is 0 Å². The van der Waals surface area contributed by atoms with Gasteiger partial charge in [-0.15, -0.1) is 0 Å². The van der Waals surface area contributed by atoms with Gasteiger partial charge in [0.15, 0.2) is 0 Å². The van der Waals surface area contributed by atoms with Gasteiger partial charge in [0.05, 0.1) is 6.61 Å². The van der Waals surface area contributed by atoms with Crippen LogP contribution in [0, 0.1) is 0 Å². The van der Waals surface area contributed by atoms with E-state index in [2.05, 4.69) is 24.4 Å². The Morgan fingerprint density at radius 3 is 2.56 bits per heavy atom. The average molecular weight is 223 g/mol. The van der Waals surface area contributed by atoms with E-state index in [4.69, 9.17) is 9.84 Å². The van der Waals surface area contributed by atoms with Gasteiger partial charge < -0.3 is 15.2 Å². The summed E-state index contributed by atoms with van der Waals surface area (Å²) >= 11 is 0. The fraction of sp³-hybridized carbons (Fsp3) is 0.538. The number of aliphatic hydroxyl groups is 1. The third kappa shape index (κ3) is 4.64. The molecule has 1 rings (SSSR count). The van der Waals surface area contributed by atoms with Crippen LogP contribution in [0.15, 0.2) is 24.3 Å². The molecule has 90 valence electrons. The first-order valence-corrected chi connectivity index (χ1v) is 5.76. The topological polar surface area (TPSA) is 41.5 Å². The molecule has 0 aliphatic heterocycles. The number of rotatable bonds is 7. The van der Waals surface area contributed by atoms with Crippen LogP contribution in [0.2, 0.25) is 0 Å². The van der Waals surface area contributed by atoms with E-state index in [1.807, 2.05) is 19.2 Å². The summed E-state index contributed by atoms with van der Waals surface area (Å²) < 4.78 is 5.46. The molecule has 0 aliphatic rings. The number of ether oxygens (including phenoxy) is 1. The van der Waals surface area contributed by atoms with Crippen molar-refractivity contribution in [3.05, 3.63) is 29.8 Å². The number of hydrogen-bond donors (Lipinski definition) is 2. The molecule has 2 N–H and O–H groups in total. The molecule has 0 aliphatic carbocycles. The SMILES string of the molecule is CNC(C)Cc1ccc(OCCCO)cc1. The Hall–Kier alpha value is -1.06. The van der Waals surface area contributed by atoms with Gasteiger partial charge >= 0.3 is 0 Å². The Kier molecular flexibility index (Phi) is 5.90. The van der Waals surface area contributed by atoms with E-state index in [-0.39, 0.29) is 6.61 Å². The molecule has 1 atom stereocenters. The molecule has 1 aromatic rings. The van der Waals surface area contributed by atoms with Crippen molar-refractivity contribution in [3.8, 4) is 5.75 Å². The van der Waals surface area contributed by atoms with Crippen LogP contribution in [0.5, 0.6) is 5.75 Å². The molecule has 0 spiro atoms. The summed E-state index contributed by atoms with van der Waals surface area (Å²) in [5, 5.41) is 11.8. The molecule has 1 unspecified atom stereocenters. The largest absolute Gasteiger partial charge is 0.494 e. The summed E-state index contributed by atoms with van der Waals surface area (Å²) in [6, 6.07) is 8.62. The van der Waals surface area contributed by atoms with Crippen LogP contribution >= 0.6 is 0 Å². The molecule has 3 heteroatoms. The Bertz CT molecular complexity index is 284. The number of likely N-dealkylation sites (N-methyl/N-ethyl adjacent to an activating group) is 1. The Morgan fingerprint density at radius 2 is 2.00 bits per heavy atom. The van der Waals surface area contributed by atoms with Gasteiger partial charge in [-0.1, -0.05) is 12.1 Å². The van der Waals surface area contributed by atoms with Crippen molar-refractivity contribution in [1.29, 1.82) is 0 Å². The van der Waals surface area contributed by atoms with Crippen LogP contribution in [0.3, 0.4) is 0 Å². The first-order valence-electron chi connectivity index (χ1n) is 5.76. The number of hydrogen-bond acceptors (Lipinski definition) is 3. The highest BCUT2D eigenvalue weighted by molar-refractivity contribution is 5.27. The van der Waals surface area contributed by atoms with Crippen molar-refractivity contribution in [1.82, 2.24) is 5.32 Å². The monoisotopic (exact) mass is 223 g/mol. The minimum absolute atomic E-state index is 0.178. The lowest BCUT2D eigenvalue weighted by Gasteiger charge is -2.10. The first-order chi connectivity index (χ1) is 7.76. The van der Waals surface area contributed by atoms with Crippen molar-refractivity contribution in [2.75, 3.05) is 20.3 Å². The van der Waals surface area contributed by atoms with E-state index in [1.54, 1.807) is 0 Å². The first kappa shape index (κ1) is 13.0. The summed E-state index contributed by atoms with van der Waals surface area (Å²) in [4.78, 5) is 0. The number of benzene rings is 1. The zero-order chi connectivity index (χ0) is 11.8. The minimum atomic E-state index is 0.178. The second-order valence-electron chi connectivity index (χ2n) is 3.96. The van der Waals surface area contributed by atoms with Gasteiger partial charge in [-0.05, 0) is 38.1 Å². The van der Waals surface area contributed by atoms with Crippen LogP contribution in [-0.4, -0.2) is 31.4 Å². The van der Waals surface area contributed by atoms with Crippen LogP contribution < -0.4 is 10.1 Å². The summed E-state index contributed by atoms with van der Waals surface area (Å²) in [5.41, 5.74) is 1.30. The zero-order valence-corrected chi connectivity index (χ0v) is 10.1. The lowest BCUT2D eigenvalue weighted by molar-refractivity contribution is 0.233. The van der Waals surface area contributed by atoms with Gasteiger partial charge in [-0.2, -0.15) is 0 Å². The third-order valence-corrected chi connectivity index (χ3v) is 2.53. The average Bonchev–Trinajstić information content (AvgIpc) is 2.31. The lowest BCUT2D eigenvalue weighted by atomic mass is 10.1. The molecule has 0 radical (unpaired) electrons. The molecule has 0 saturated carbocycles. The van der Waals surface area contributed by atoms with Crippen LogP contribution in [-0.2, 0) is 6.42 Å². The zero-order valence-electron chi connectivity index (χ0n) is 10.1. The highest BCUT2D eigenvalue weighted by Crippen LogP contribution is 2.13. The van der Waals surface area contributed by atoms with Crippen molar-refractivity contribution in [2.24, 2.45) is 0 Å². The summed E-state index contributed by atoms with van der Waals surface area (Å²) in [5.74, 6) is 0.870. The van der Waals surface area contributed by atoms with Crippen LogP contribution in [0.1, 0.15) is 18.9 Å².